The van der Waals surface area contributed by atoms with Crippen LogP contribution in [0.5, 0.6) is 0 Å². The van der Waals surface area contributed by atoms with Gasteiger partial charge >= 0.3 is 0 Å². The van der Waals surface area contributed by atoms with Crippen LogP contribution < -0.4 is 10.9 Å². The molecule has 0 aliphatic heterocycles. The van der Waals surface area contributed by atoms with Gasteiger partial charge in [0.05, 0.1) is 4.90 Å². The first-order chi connectivity index (χ1) is 5.00. The van der Waals surface area contributed by atoms with Gasteiger partial charge in [0.15, 0.2) is 0 Å². The monoisotopic (exact) mass is 171 g/mol. The molecule has 0 aliphatic carbocycles. The van der Waals surface area contributed by atoms with E-state index in [4.69, 9.17) is 10.9 Å². The predicted octanol–water partition coefficient (Wildman–Crippen LogP) is -0.284. The van der Waals surface area contributed by atoms with Crippen molar-refractivity contribution >= 4 is 15.7 Å². The average molecular weight is 171 g/mol. The highest BCUT2D eigenvalue weighted by Gasteiger charge is 2.05. The fourth-order valence-electron chi connectivity index (χ4n) is 0.600. The Kier molecular flexibility index (Phi) is 1.84. The Morgan fingerprint density at radius 3 is 2.36 bits per heavy atom. The third-order valence-electron chi connectivity index (χ3n) is 1.14. The third-order valence-corrected chi connectivity index (χ3v) is 2.05. The highest BCUT2D eigenvalue weighted by atomic mass is 32.2. The van der Waals surface area contributed by atoms with Crippen LogP contribution >= 0.6 is 0 Å². The van der Waals surface area contributed by atoms with Crippen LogP contribution in [-0.2, 0) is 10.0 Å². The highest BCUT2D eigenvalue weighted by molar-refractivity contribution is 7.89. The topological polar surface area (TPSA) is 86.2 Å². The molecule has 1 aromatic rings. The Labute approximate surface area is 64.9 Å². The highest BCUT2D eigenvalue weighted by Crippen LogP contribution is 2.08. The minimum Gasteiger partial charge on any atom is -0.398 e. The van der Waals surface area contributed by atoms with Crippen molar-refractivity contribution in [2.75, 3.05) is 5.73 Å². The van der Waals surface area contributed by atoms with Crippen LogP contribution in [-0.4, -0.2) is 8.42 Å². The molecule has 4 N–H and O–H groups in total. The van der Waals surface area contributed by atoms with Gasteiger partial charge in [-0.3, -0.25) is 0 Å². The van der Waals surface area contributed by atoms with E-state index in [0.29, 0.717) is 5.69 Å². The van der Waals surface area contributed by atoms with Crippen molar-refractivity contribution < 1.29 is 8.42 Å². The van der Waals surface area contributed by atoms with Gasteiger partial charge in [-0.1, -0.05) is 0 Å². The molecular formula is C6H7N2O2S. The maximum Gasteiger partial charge on any atom is 0.238 e. The zero-order valence-corrected chi connectivity index (χ0v) is 6.43. The van der Waals surface area contributed by atoms with Crippen molar-refractivity contribution in [1.82, 2.24) is 0 Å². The Bertz CT molecular complexity index is 341. The number of hydrogen-bond acceptors (Lipinski definition) is 3. The first kappa shape index (κ1) is 8.03. The van der Waals surface area contributed by atoms with Crippen molar-refractivity contribution in [2.45, 2.75) is 4.90 Å². The molecule has 0 spiro atoms. The van der Waals surface area contributed by atoms with Gasteiger partial charge in [-0.15, -0.1) is 0 Å². The summed E-state index contributed by atoms with van der Waals surface area (Å²) in [7, 11) is -3.61. The van der Waals surface area contributed by atoms with Crippen molar-refractivity contribution in [1.29, 1.82) is 0 Å². The number of primary sulfonamides is 1. The number of nitrogen functional groups attached to an aromatic ring is 1. The summed E-state index contributed by atoms with van der Waals surface area (Å²) in [6, 6.07) is 6.53. The lowest BCUT2D eigenvalue weighted by Crippen LogP contribution is -2.11. The largest absolute Gasteiger partial charge is 0.398 e. The Balaban J connectivity index is 3.20. The van der Waals surface area contributed by atoms with Crippen molar-refractivity contribution in [3.8, 4) is 0 Å². The molecule has 0 bridgehead atoms. The number of sulfonamides is 1. The molecule has 0 atom stereocenters. The van der Waals surface area contributed by atoms with Crippen LogP contribution in [0.2, 0.25) is 0 Å². The molecule has 1 rings (SSSR count). The third kappa shape index (κ3) is 1.92. The zero-order valence-electron chi connectivity index (χ0n) is 5.61. The molecule has 0 unspecified atom stereocenters. The van der Waals surface area contributed by atoms with Crippen LogP contribution in [0.1, 0.15) is 0 Å². The van der Waals surface area contributed by atoms with Crippen LogP contribution in [0.3, 0.4) is 0 Å². The second kappa shape index (κ2) is 2.52. The summed E-state index contributed by atoms with van der Waals surface area (Å²) in [5, 5.41) is 4.82. The van der Waals surface area contributed by atoms with E-state index in [1.807, 2.05) is 0 Å². The van der Waals surface area contributed by atoms with E-state index < -0.39 is 10.0 Å². The van der Waals surface area contributed by atoms with Crippen molar-refractivity contribution in [3.63, 3.8) is 0 Å². The summed E-state index contributed by atoms with van der Waals surface area (Å²) in [5.41, 5.74) is 5.67. The zero-order chi connectivity index (χ0) is 8.48. The molecule has 59 valence electrons. The minimum atomic E-state index is -3.61. The molecule has 1 radical (unpaired) electrons. The first-order valence-corrected chi connectivity index (χ1v) is 4.35. The van der Waals surface area contributed by atoms with E-state index in [1.54, 1.807) is 0 Å². The minimum absolute atomic E-state index is 0.0201. The number of rotatable bonds is 1. The summed E-state index contributed by atoms with van der Waals surface area (Å²) < 4.78 is 21.3. The Morgan fingerprint density at radius 1 is 1.36 bits per heavy atom. The summed E-state index contributed by atoms with van der Waals surface area (Å²) in [6.45, 7) is 0. The van der Waals surface area contributed by atoms with Crippen molar-refractivity contribution in [2.24, 2.45) is 5.14 Å². The lowest BCUT2D eigenvalue weighted by molar-refractivity contribution is 0.598. The van der Waals surface area contributed by atoms with Crippen LogP contribution in [0.25, 0.3) is 0 Å². The first-order valence-electron chi connectivity index (χ1n) is 2.80. The van der Waals surface area contributed by atoms with Gasteiger partial charge in [-0.25, -0.2) is 13.6 Å². The van der Waals surface area contributed by atoms with Crippen LogP contribution in [0.15, 0.2) is 23.1 Å². The Morgan fingerprint density at radius 2 is 2.00 bits per heavy atom. The molecule has 11 heavy (non-hydrogen) atoms. The second-order valence-electron chi connectivity index (χ2n) is 2.02. The fourth-order valence-corrected chi connectivity index (χ4v) is 1.08. The SMILES string of the molecule is Nc1[c]cc(S(N)(=O)=O)cc1. The number of benzene rings is 1. The Hall–Kier alpha value is -1.07. The van der Waals surface area contributed by atoms with E-state index in [0.717, 1.165) is 0 Å². The molecule has 0 amide bonds. The predicted molar refractivity (Wildman–Crippen MR) is 41.1 cm³/mol. The van der Waals surface area contributed by atoms with Gasteiger partial charge in [0, 0.05) is 11.8 Å². The standard InChI is InChI=1S/C6H7N2O2S/c7-5-1-3-6(4-2-5)11(8,9)10/h1,3-4H,7H2,(H2,8,9,10). The second-order valence-corrected chi connectivity index (χ2v) is 3.59. The molecule has 0 fully saturated rings. The van der Waals surface area contributed by atoms with Gasteiger partial charge in [-0.2, -0.15) is 0 Å². The lowest BCUT2D eigenvalue weighted by Gasteiger charge is -1.96. The molecule has 4 nitrogen and oxygen atoms in total. The van der Waals surface area contributed by atoms with E-state index in [2.05, 4.69) is 6.07 Å². The summed E-state index contributed by atoms with van der Waals surface area (Å²) >= 11 is 0. The normalized spacial score (nSPS) is 11.4. The summed E-state index contributed by atoms with van der Waals surface area (Å²) in [4.78, 5) is 0.0201. The average Bonchev–Trinajstić information content (AvgIpc) is 1.86. The van der Waals surface area contributed by atoms with E-state index in [-0.39, 0.29) is 4.90 Å². The molecule has 0 heterocycles. The van der Waals surface area contributed by atoms with Gasteiger partial charge in [0.1, 0.15) is 0 Å². The fraction of sp³-hybridized carbons (Fsp3) is 0. The van der Waals surface area contributed by atoms with E-state index >= 15 is 0 Å². The maximum absolute atomic E-state index is 10.7. The quantitative estimate of drug-likeness (QED) is 0.569. The smallest absolute Gasteiger partial charge is 0.238 e. The van der Waals surface area contributed by atoms with E-state index in [1.165, 1.54) is 18.2 Å². The lowest BCUT2D eigenvalue weighted by atomic mass is 10.3. The van der Waals surface area contributed by atoms with Crippen LogP contribution in [0.4, 0.5) is 5.69 Å². The number of anilines is 1. The summed E-state index contributed by atoms with van der Waals surface area (Å²) in [6.07, 6.45) is 0. The number of hydrogen-bond donors (Lipinski definition) is 2. The van der Waals surface area contributed by atoms with E-state index in [9.17, 15) is 8.42 Å². The molecule has 1 aromatic carbocycles. The summed E-state index contributed by atoms with van der Waals surface area (Å²) in [5.74, 6) is 0. The van der Waals surface area contributed by atoms with Crippen LogP contribution in [0, 0.1) is 6.07 Å². The van der Waals surface area contributed by atoms with Gasteiger partial charge in [-0.05, 0) is 18.2 Å². The molecular weight excluding hydrogens is 164 g/mol. The van der Waals surface area contributed by atoms with Gasteiger partial charge in [0.2, 0.25) is 10.0 Å². The molecule has 0 saturated carbocycles. The number of nitrogens with two attached hydrogens (primary N) is 2. The van der Waals surface area contributed by atoms with Gasteiger partial charge in [0.25, 0.3) is 0 Å². The molecule has 5 heteroatoms. The maximum atomic E-state index is 10.7. The van der Waals surface area contributed by atoms with Gasteiger partial charge < -0.3 is 5.73 Å². The molecule has 0 aliphatic rings. The molecule has 0 saturated heterocycles. The molecule has 0 aromatic heterocycles. The van der Waals surface area contributed by atoms with Crippen molar-refractivity contribution in [3.05, 3.63) is 24.3 Å².